The lowest BCUT2D eigenvalue weighted by Gasteiger charge is -2.13. The summed E-state index contributed by atoms with van der Waals surface area (Å²) in [5.41, 5.74) is 7.60. The van der Waals surface area contributed by atoms with Crippen LogP contribution in [0.1, 0.15) is 39.2 Å². The Morgan fingerprint density at radius 3 is 2.42 bits per heavy atom. The largest absolute Gasteiger partial charge is 0.399 e. The van der Waals surface area contributed by atoms with E-state index in [0.29, 0.717) is 24.8 Å². The summed E-state index contributed by atoms with van der Waals surface area (Å²) in [5.74, 6) is 1.26. The van der Waals surface area contributed by atoms with Crippen molar-refractivity contribution in [3.05, 3.63) is 29.8 Å². The van der Waals surface area contributed by atoms with Crippen LogP contribution in [0.4, 0.5) is 5.69 Å². The first-order chi connectivity index (χ1) is 8.97. The van der Waals surface area contributed by atoms with Crippen molar-refractivity contribution in [3.8, 4) is 0 Å². The first-order valence-corrected chi connectivity index (χ1v) is 7.08. The van der Waals surface area contributed by atoms with Gasteiger partial charge in [-0.1, -0.05) is 32.9 Å². The fourth-order valence-corrected chi connectivity index (χ4v) is 2.31. The van der Waals surface area contributed by atoms with E-state index in [1.54, 1.807) is 0 Å². The quantitative estimate of drug-likeness (QED) is 0.742. The molecule has 0 aliphatic rings. The first-order valence-electron chi connectivity index (χ1n) is 7.08. The molecular formula is C16H26N2O. The zero-order chi connectivity index (χ0) is 14.3. The molecule has 1 aromatic rings. The highest BCUT2D eigenvalue weighted by Crippen LogP contribution is 2.14. The van der Waals surface area contributed by atoms with Crippen molar-refractivity contribution >= 4 is 11.6 Å². The number of amides is 1. The number of hydrogen-bond acceptors (Lipinski definition) is 2. The molecule has 1 amide bonds. The van der Waals surface area contributed by atoms with Crippen molar-refractivity contribution < 1.29 is 4.79 Å². The second kappa shape index (κ2) is 7.82. The molecule has 0 fully saturated rings. The molecule has 1 unspecified atom stereocenters. The Morgan fingerprint density at radius 1 is 1.21 bits per heavy atom. The zero-order valence-electron chi connectivity index (χ0n) is 12.3. The highest BCUT2D eigenvalue weighted by atomic mass is 16.1. The predicted octanol–water partition coefficient (Wildman–Crippen LogP) is 3.00. The molecule has 0 heterocycles. The fraction of sp³-hybridized carbons (Fsp3) is 0.562. The van der Waals surface area contributed by atoms with Gasteiger partial charge >= 0.3 is 0 Å². The van der Waals surface area contributed by atoms with E-state index < -0.39 is 0 Å². The van der Waals surface area contributed by atoms with E-state index in [9.17, 15) is 4.79 Å². The van der Waals surface area contributed by atoms with Crippen LogP contribution in [0.2, 0.25) is 0 Å². The third-order valence-electron chi connectivity index (χ3n) is 3.12. The Bertz CT molecular complexity index is 384. The maximum atomic E-state index is 11.7. The highest BCUT2D eigenvalue weighted by molar-refractivity contribution is 5.76. The van der Waals surface area contributed by atoms with E-state index in [1.807, 2.05) is 24.3 Å². The zero-order valence-corrected chi connectivity index (χ0v) is 12.3. The van der Waals surface area contributed by atoms with E-state index in [4.69, 9.17) is 5.73 Å². The number of nitrogen functional groups attached to an aromatic ring is 1. The summed E-state index contributed by atoms with van der Waals surface area (Å²) in [5, 5.41) is 2.98. The molecule has 106 valence electrons. The van der Waals surface area contributed by atoms with Crippen LogP contribution >= 0.6 is 0 Å². The fourth-order valence-electron chi connectivity index (χ4n) is 2.31. The van der Waals surface area contributed by atoms with Gasteiger partial charge < -0.3 is 11.1 Å². The number of benzene rings is 1. The smallest absolute Gasteiger partial charge is 0.220 e. The Labute approximate surface area is 116 Å². The van der Waals surface area contributed by atoms with Crippen LogP contribution in [-0.4, -0.2) is 12.5 Å². The number of carbonyl (C=O) groups is 1. The van der Waals surface area contributed by atoms with Gasteiger partial charge in [-0.05, 0) is 42.4 Å². The normalized spacial score (nSPS) is 12.4. The van der Waals surface area contributed by atoms with Crippen molar-refractivity contribution in [2.75, 3.05) is 12.3 Å². The Balaban J connectivity index is 2.21. The summed E-state index contributed by atoms with van der Waals surface area (Å²) in [6.07, 6.45) is 2.58. The lowest BCUT2D eigenvalue weighted by molar-refractivity contribution is -0.121. The van der Waals surface area contributed by atoms with Gasteiger partial charge in [0.25, 0.3) is 0 Å². The molecule has 3 heteroatoms. The van der Waals surface area contributed by atoms with Crippen LogP contribution in [0.3, 0.4) is 0 Å². The lowest BCUT2D eigenvalue weighted by Crippen LogP contribution is -2.27. The van der Waals surface area contributed by atoms with Crippen LogP contribution in [0, 0.1) is 11.8 Å². The summed E-state index contributed by atoms with van der Waals surface area (Å²) in [4.78, 5) is 11.7. The van der Waals surface area contributed by atoms with Gasteiger partial charge in [-0.3, -0.25) is 4.79 Å². The maximum Gasteiger partial charge on any atom is 0.220 e. The van der Waals surface area contributed by atoms with Gasteiger partial charge in [0.15, 0.2) is 0 Å². The van der Waals surface area contributed by atoms with Crippen molar-refractivity contribution in [1.82, 2.24) is 5.32 Å². The maximum absolute atomic E-state index is 11.7. The van der Waals surface area contributed by atoms with E-state index in [-0.39, 0.29) is 5.91 Å². The van der Waals surface area contributed by atoms with Crippen LogP contribution < -0.4 is 11.1 Å². The Hall–Kier alpha value is -1.51. The Morgan fingerprint density at radius 2 is 1.84 bits per heavy atom. The average Bonchev–Trinajstić information content (AvgIpc) is 2.30. The van der Waals surface area contributed by atoms with Crippen LogP contribution in [0.25, 0.3) is 0 Å². The standard InChI is InChI=1S/C16H26N2O/c1-12(2)10-13(3)11-16(19)18-9-8-14-4-6-15(17)7-5-14/h4-7,12-13H,8-11,17H2,1-3H3,(H,18,19). The number of hydrogen-bond donors (Lipinski definition) is 2. The highest BCUT2D eigenvalue weighted by Gasteiger charge is 2.10. The van der Waals surface area contributed by atoms with Crippen molar-refractivity contribution in [2.45, 2.75) is 40.0 Å². The summed E-state index contributed by atoms with van der Waals surface area (Å²) in [6.45, 7) is 7.21. The summed E-state index contributed by atoms with van der Waals surface area (Å²) in [6, 6.07) is 7.79. The lowest BCUT2D eigenvalue weighted by atomic mass is 9.96. The summed E-state index contributed by atoms with van der Waals surface area (Å²) < 4.78 is 0. The van der Waals surface area contributed by atoms with E-state index in [2.05, 4.69) is 26.1 Å². The van der Waals surface area contributed by atoms with E-state index >= 15 is 0 Å². The molecule has 0 radical (unpaired) electrons. The first kappa shape index (κ1) is 15.5. The van der Waals surface area contributed by atoms with Crippen LogP contribution in [-0.2, 0) is 11.2 Å². The monoisotopic (exact) mass is 262 g/mol. The van der Waals surface area contributed by atoms with Crippen molar-refractivity contribution in [3.63, 3.8) is 0 Å². The summed E-state index contributed by atoms with van der Waals surface area (Å²) in [7, 11) is 0. The molecule has 0 spiro atoms. The number of anilines is 1. The van der Waals surface area contributed by atoms with Crippen molar-refractivity contribution in [2.24, 2.45) is 11.8 Å². The molecule has 0 aromatic heterocycles. The number of carbonyl (C=O) groups excluding carboxylic acids is 1. The van der Waals surface area contributed by atoms with Gasteiger partial charge in [0, 0.05) is 18.7 Å². The Kier molecular flexibility index (Phi) is 6.40. The van der Waals surface area contributed by atoms with Crippen LogP contribution in [0.15, 0.2) is 24.3 Å². The molecule has 0 aliphatic carbocycles. The van der Waals surface area contributed by atoms with Crippen LogP contribution in [0.5, 0.6) is 0 Å². The molecule has 3 nitrogen and oxygen atoms in total. The molecule has 19 heavy (non-hydrogen) atoms. The van der Waals surface area contributed by atoms with E-state index in [0.717, 1.165) is 18.5 Å². The number of nitrogens with two attached hydrogens (primary N) is 1. The van der Waals surface area contributed by atoms with Crippen molar-refractivity contribution in [1.29, 1.82) is 0 Å². The van der Waals surface area contributed by atoms with Gasteiger partial charge in [-0.25, -0.2) is 0 Å². The molecule has 1 aromatic carbocycles. The number of nitrogens with one attached hydrogen (secondary N) is 1. The number of rotatable bonds is 7. The molecule has 0 saturated heterocycles. The predicted molar refractivity (Wildman–Crippen MR) is 80.8 cm³/mol. The van der Waals surface area contributed by atoms with Gasteiger partial charge in [-0.15, -0.1) is 0 Å². The summed E-state index contributed by atoms with van der Waals surface area (Å²) >= 11 is 0. The van der Waals surface area contributed by atoms with Gasteiger partial charge in [0.1, 0.15) is 0 Å². The topological polar surface area (TPSA) is 55.1 Å². The molecule has 0 saturated carbocycles. The molecule has 0 bridgehead atoms. The SMILES string of the molecule is CC(C)CC(C)CC(=O)NCCc1ccc(N)cc1. The third kappa shape index (κ3) is 6.85. The minimum atomic E-state index is 0.156. The van der Waals surface area contributed by atoms with Gasteiger partial charge in [-0.2, -0.15) is 0 Å². The molecule has 3 N–H and O–H groups in total. The second-order valence-electron chi connectivity index (χ2n) is 5.78. The molecular weight excluding hydrogens is 236 g/mol. The molecule has 0 aliphatic heterocycles. The van der Waals surface area contributed by atoms with E-state index in [1.165, 1.54) is 5.56 Å². The minimum Gasteiger partial charge on any atom is -0.399 e. The second-order valence-corrected chi connectivity index (χ2v) is 5.78. The van der Waals surface area contributed by atoms with Gasteiger partial charge in [0.2, 0.25) is 5.91 Å². The van der Waals surface area contributed by atoms with Gasteiger partial charge in [0.05, 0.1) is 0 Å². The minimum absolute atomic E-state index is 0.156. The molecule has 1 atom stereocenters. The average molecular weight is 262 g/mol. The molecule has 1 rings (SSSR count). The third-order valence-corrected chi connectivity index (χ3v) is 3.12.